The molecule has 0 saturated carbocycles. The van der Waals surface area contributed by atoms with Crippen molar-refractivity contribution in [2.24, 2.45) is 0 Å². The van der Waals surface area contributed by atoms with E-state index in [2.05, 4.69) is 11.6 Å². The molecule has 0 aliphatic rings. The predicted molar refractivity (Wildman–Crippen MR) is 85.9 cm³/mol. The number of hydrogen-bond donors (Lipinski definition) is 1. The van der Waals surface area contributed by atoms with E-state index >= 15 is 0 Å². The van der Waals surface area contributed by atoms with Gasteiger partial charge in [0.15, 0.2) is 0 Å². The van der Waals surface area contributed by atoms with Gasteiger partial charge in [-0.05, 0) is 25.5 Å². The van der Waals surface area contributed by atoms with Gasteiger partial charge in [0.25, 0.3) is 0 Å². The molecule has 0 amide bonds. The highest BCUT2D eigenvalue weighted by atomic mass is 32.2. The van der Waals surface area contributed by atoms with Crippen LogP contribution in [-0.4, -0.2) is 28.2 Å². The Morgan fingerprint density at radius 2 is 1.81 bits per heavy atom. The number of benzene rings is 1. The monoisotopic (exact) mass is 313 g/mol. The molecule has 5 heteroatoms. The quantitative estimate of drug-likeness (QED) is 0.675. The number of unbranched alkanes of at least 4 members (excludes halogenated alkanes) is 3. The van der Waals surface area contributed by atoms with E-state index in [4.69, 9.17) is 4.74 Å². The molecule has 21 heavy (non-hydrogen) atoms. The first kappa shape index (κ1) is 18.1. The van der Waals surface area contributed by atoms with Crippen LogP contribution >= 0.6 is 0 Å². The molecule has 120 valence electrons. The van der Waals surface area contributed by atoms with Gasteiger partial charge < -0.3 is 4.74 Å². The number of ether oxygens (including phenoxy) is 1. The minimum atomic E-state index is -3.45. The lowest BCUT2D eigenvalue weighted by atomic mass is 10.1. The number of hydrogen-bond acceptors (Lipinski definition) is 3. The number of sulfonamides is 1. The maximum atomic E-state index is 12.2. The SMILES string of the molecule is CCCCCC[C@@H](CNS(=O)(=O)c1ccc(C)cc1)OC. The zero-order valence-corrected chi connectivity index (χ0v) is 14.1. The molecule has 4 nitrogen and oxygen atoms in total. The summed E-state index contributed by atoms with van der Waals surface area (Å²) in [6.45, 7) is 4.42. The molecular formula is C16H27NO3S. The Kier molecular flexibility index (Phi) is 7.93. The van der Waals surface area contributed by atoms with Gasteiger partial charge in [-0.15, -0.1) is 0 Å². The molecule has 1 atom stereocenters. The number of methoxy groups -OCH3 is 1. The second kappa shape index (κ2) is 9.18. The number of aryl methyl sites for hydroxylation is 1. The Hall–Kier alpha value is -0.910. The summed E-state index contributed by atoms with van der Waals surface area (Å²) in [5.41, 5.74) is 1.04. The number of nitrogens with one attached hydrogen (secondary N) is 1. The second-order valence-corrected chi connectivity index (χ2v) is 7.14. The summed E-state index contributed by atoms with van der Waals surface area (Å²) < 4.78 is 32.3. The van der Waals surface area contributed by atoms with E-state index in [-0.39, 0.29) is 6.10 Å². The van der Waals surface area contributed by atoms with Crippen molar-refractivity contribution in [2.45, 2.75) is 57.0 Å². The lowest BCUT2D eigenvalue weighted by molar-refractivity contribution is 0.0965. The molecule has 0 radical (unpaired) electrons. The van der Waals surface area contributed by atoms with Crippen molar-refractivity contribution in [3.05, 3.63) is 29.8 Å². The van der Waals surface area contributed by atoms with Gasteiger partial charge in [-0.25, -0.2) is 13.1 Å². The standard InChI is InChI=1S/C16H27NO3S/c1-4-5-6-7-8-15(20-3)13-17-21(18,19)16-11-9-14(2)10-12-16/h9-12,15,17H,4-8,13H2,1-3H3/t15-/m0/s1. The molecule has 1 aromatic rings. The second-order valence-electron chi connectivity index (χ2n) is 5.37. The molecule has 0 spiro atoms. The molecule has 1 N–H and O–H groups in total. The first-order valence-electron chi connectivity index (χ1n) is 7.58. The molecule has 0 saturated heterocycles. The summed E-state index contributed by atoms with van der Waals surface area (Å²) >= 11 is 0. The van der Waals surface area contributed by atoms with E-state index in [9.17, 15) is 8.42 Å². The maximum absolute atomic E-state index is 12.2. The largest absolute Gasteiger partial charge is 0.380 e. The molecule has 0 aliphatic heterocycles. The van der Waals surface area contributed by atoms with Crippen LogP contribution in [0.2, 0.25) is 0 Å². The topological polar surface area (TPSA) is 55.4 Å². The van der Waals surface area contributed by atoms with Crippen LogP contribution in [0, 0.1) is 6.92 Å². The smallest absolute Gasteiger partial charge is 0.240 e. The molecule has 0 aromatic heterocycles. The molecule has 1 aromatic carbocycles. The summed E-state index contributed by atoms with van der Waals surface area (Å²) in [6, 6.07) is 6.85. The van der Waals surface area contributed by atoms with Crippen molar-refractivity contribution in [2.75, 3.05) is 13.7 Å². The fraction of sp³-hybridized carbons (Fsp3) is 0.625. The van der Waals surface area contributed by atoms with Crippen molar-refractivity contribution in [1.82, 2.24) is 4.72 Å². The highest BCUT2D eigenvalue weighted by Crippen LogP contribution is 2.11. The van der Waals surface area contributed by atoms with Crippen LogP contribution in [-0.2, 0) is 14.8 Å². The molecule has 0 fully saturated rings. The van der Waals surface area contributed by atoms with Gasteiger partial charge in [0, 0.05) is 13.7 Å². The molecule has 1 rings (SSSR count). The van der Waals surface area contributed by atoms with E-state index < -0.39 is 10.0 Å². The third kappa shape index (κ3) is 6.59. The minimum Gasteiger partial charge on any atom is -0.380 e. The fourth-order valence-electron chi connectivity index (χ4n) is 2.11. The van der Waals surface area contributed by atoms with E-state index in [1.165, 1.54) is 19.3 Å². The van der Waals surface area contributed by atoms with Crippen molar-refractivity contribution in [1.29, 1.82) is 0 Å². The van der Waals surface area contributed by atoms with Crippen LogP contribution in [0.1, 0.15) is 44.6 Å². The van der Waals surface area contributed by atoms with Gasteiger partial charge in [0.2, 0.25) is 10.0 Å². The van der Waals surface area contributed by atoms with Gasteiger partial charge in [0.1, 0.15) is 0 Å². The van der Waals surface area contributed by atoms with Crippen molar-refractivity contribution in [3.63, 3.8) is 0 Å². The summed E-state index contributed by atoms with van der Waals surface area (Å²) in [5, 5.41) is 0. The fourth-order valence-corrected chi connectivity index (χ4v) is 3.17. The van der Waals surface area contributed by atoms with Crippen LogP contribution in [0.25, 0.3) is 0 Å². The summed E-state index contributed by atoms with van der Waals surface area (Å²) in [4.78, 5) is 0.300. The third-order valence-electron chi connectivity index (χ3n) is 3.55. The third-order valence-corrected chi connectivity index (χ3v) is 4.98. The van der Waals surface area contributed by atoms with Gasteiger partial charge in [-0.2, -0.15) is 0 Å². The van der Waals surface area contributed by atoms with E-state index in [1.807, 2.05) is 6.92 Å². The lowest BCUT2D eigenvalue weighted by Crippen LogP contribution is -2.33. The summed E-state index contributed by atoms with van der Waals surface area (Å²) in [6.07, 6.45) is 5.46. The van der Waals surface area contributed by atoms with E-state index in [1.54, 1.807) is 31.4 Å². The van der Waals surface area contributed by atoms with Crippen LogP contribution in [0.5, 0.6) is 0 Å². The first-order valence-corrected chi connectivity index (χ1v) is 9.07. The summed E-state index contributed by atoms with van der Waals surface area (Å²) in [5.74, 6) is 0. The molecule has 0 aliphatic carbocycles. The van der Waals surface area contributed by atoms with E-state index in [0.717, 1.165) is 18.4 Å². The Morgan fingerprint density at radius 1 is 1.14 bits per heavy atom. The normalized spacial score (nSPS) is 13.3. The average molecular weight is 313 g/mol. The van der Waals surface area contributed by atoms with Crippen molar-refractivity contribution in [3.8, 4) is 0 Å². The Labute approximate surface area is 129 Å². The minimum absolute atomic E-state index is 0.0675. The van der Waals surface area contributed by atoms with Crippen LogP contribution in [0.15, 0.2) is 29.2 Å². The van der Waals surface area contributed by atoms with Crippen molar-refractivity contribution >= 4 is 10.0 Å². The highest BCUT2D eigenvalue weighted by molar-refractivity contribution is 7.89. The predicted octanol–water partition coefficient (Wildman–Crippen LogP) is 3.26. The molecule has 0 heterocycles. The van der Waals surface area contributed by atoms with Gasteiger partial charge in [-0.3, -0.25) is 0 Å². The highest BCUT2D eigenvalue weighted by Gasteiger charge is 2.16. The van der Waals surface area contributed by atoms with Crippen LogP contribution < -0.4 is 4.72 Å². The summed E-state index contributed by atoms with van der Waals surface area (Å²) in [7, 11) is -1.82. The van der Waals surface area contributed by atoms with Crippen molar-refractivity contribution < 1.29 is 13.2 Å². The zero-order chi connectivity index (χ0) is 15.7. The zero-order valence-electron chi connectivity index (χ0n) is 13.3. The van der Waals surface area contributed by atoms with Gasteiger partial charge in [0.05, 0.1) is 11.0 Å². The number of rotatable bonds is 10. The van der Waals surface area contributed by atoms with Crippen LogP contribution in [0.3, 0.4) is 0 Å². The molecule has 0 unspecified atom stereocenters. The van der Waals surface area contributed by atoms with Gasteiger partial charge >= 0.3 is 0 Å². The Bertz CT molecular complexity index is 497. The molecular weight excluding hydrogens is 286 g/mol. The van der Waals surface area contributed by atoms with Crippen LogP contribution in [0.4, 0.5) is 0 Å². The maximum Gasteiger partial charge on any atom is 0.240 e. The van der Waals surface area contributed by atoms with E-state index in [0.29, 0.717) is 11.4 Å². The average Bonchev–Trinajstić information content (AvgIpc) is 2.47. The first-order chi connectivity index (χ1) is 9.99. The Morgan fingerprint density at radius 3 is 2.38 bits per heavy atom. The van der Waals surface area contributed by atoms with Gasteiger partial charge in [-0.1, -0.05) is 50.3 Å². The molecule has 0 bridgehead atoms. The lowest BCUT2D eigenvalue weighted by Gasteiger charge is -2.16. The Balaban J connectivity index is 2.49.